The van der Waals surface area contributed by atoms with Gasteiger partial charge in [0.15, 0.2) is 0 Å². The second kappa shape index (κ2) is 7.38. The molecule has 1 atom stereocenters. The van der Waals surface area contributed by atoms with Crippen LogP contribution in [-0.4, -0.2) is 42.6 Å². The van der Waals surface area contributed by atoms with Crippen molar-refractivity contribution in [1.82, 2.24) is 20.1 Å². The van der Waals surface area contributed by atoms with E-state index in [-0.39, 0.29) is 10.8 Å². The van der Waals surface area contributed by atoms with Gasteiger partial charge in [-0.2, -0.15) is 4.31 Å². The van der Waals surface area contributed by atoms with Gasteiger partial charge in [0.25, 0.3) is 15.9 Å². The van der Waals surface area contributed by atoms with Crippen LogP contribution in [0, 0.1) is 5.92 Å². The molecule has 3 rings (SSSR count). The van der Waals surface area contributed by atoms with Gasteiger partial charge in [-0.05, 0) is 36.4 Å². The van der Waals surface area contributed by atoms with E-state index >= 15 is 0 Å². The normalized spacial score (nSPS) is 18.6. The number of carbonyl (C=O) groups is 2. The molecular formula is C15H18N4O4S2. The summed E-state index contributed by atoms with van der Waals surface area (Å²) in [6, 6.07) is 6.49. The van der Waals surface area contributed by atoms with E-state index in [1.165, 1.54) is 4.31 Å². The number of sulfonamides is 1. The molecule has 134 valence electrons. The Morgan fingerprint density at radius 2 is 2.08 bits per heavy atom. The van der Waals surface area contributed by atoms with Gasteiger partial charge in [0.2, 0.25) is 5.91 Å². The topological polar surface area (TPSA) is 111 Å². The van der Waals surface area contributed by atoms with Crippen molar-refractivity contribution < 1.29 is 18.0 Å². The van der Waals surface area contributed by atoms with E-state index in [2.05, 4.69) is 15.8 Å². The van der Waals surface area contributed by atoms with Gasteiger partial charge in [0, 0.05) is 19.3 Å². The van der Waals surface area contributed by atoms with E-state index in [4.69, 9.17) is 0 Å². The molecule has 0 saturated carbocycles. The molecule has 1 aliphatic heterocycles. The van der Waals surface area contributed by atoms with Gasteiger partial charge in [-0.25, -0.2) is 8.42 Å². The van der Waals surface area contributed by atoms with Gasteiger partial charge in [-0.1, -0.05) is 6.07 Å². The molecule has 2 aromatic rings. The third-order valence-electron chi connectivity index (χ3n) is 3.99. The zero-order chi connectivity index (χ0) is 17.9. The maximum Gasteiger partial charge on any atom is 0.286 e. The first-order valence-corrected chi connectivity index (χ1v) is 10.1. The summed E-state index contributed by atoms with van der Waals surface area (Å²) in [6.07, 6.45) is 2.76. The molecule has 1 saturated heterocycles. The molecule has 0 unspecified atom stereocenters. The van der Waals surface area contributed by atoms with Crippen LogP contribution in [0.3, 0.4) is 0 Å². The number of H-pyrrole nitrogens is 1. The molecular weight excluding hydrogens is 364 g/mol. The highest BCUT2D eigenvalue weighted by molar-refractivity contribution is 7.91. The number of hydrogen-bond acceptors (Lipinski definition) is 5. The van der Waals surface area contributed by atoms with E-state index in [1.807, 2.05) is 0 Å². The van der Waals surface area contributed by atoms with E-state index in [9.17, 15) is 18.0 Å². The van der Waals surface area contributed by atoms with Crippen LogP contribution >= 0.6 is 11.3 Å². The Bertz CT molecular complexity index is 831. The van der Waals surface area contributed by atoms with Gasteiger partial charge in [-0.15, -0.1) is 11.3 Å². The molecule has 0 bridgehead atoms. The molecule has 0 aliphatic carbocycles. The Morgan fingerprint density at radius 1 is 1.24 bits per heavy atom. The van der Waals surface area contributed by atoms with Gasteiger partial charge in [0.1, 0.15) is 9.90 Å². The van der Waals surface area contributed by atoms with Crippen LogP contribution in [0.5, 0.6) is 0 Å². The first-order chi connectivity index (χ1) is 12.0. The van der Waals surface area contributed by atoms with Crippen LogP contribution in [0.25, 0.3) is 0 Å². The maximum atomic E-state index is 12.6. The number of hydrazine groups is 1. The minimum absolute atomic E-state index is 0.102. The van der Waals surface area contributed by atoms with Gasteiger partial charge in [0.05, 0.1) is 5.92 Å². The largest absolute Gasteiger partial charge is 0.357 e. The highest BCUT2D eigenvalue weighted by Gasteiger charge is 2.33. The van der Waals surface area contributed by atoms with Crippen molar-refractivity contribution in [2.75, 3.05) is 13.1 Å². The second-order valence-corrected chi connectivity index (χ2v) is 8.77. The van der Waals surface area contributed by atoms with Crippen molar-refractivity contribution >= 4 is 33.2 Å². The fraction of sp³-hybridized carbons (Fsp3) is 0.333. The summed E-state index contributed by atoms with van der Waals surface area (Å²) in [7, 11) is -3.57. The standard InChI is InChI=1S/C15H18N4O4S2/c20-14(17-18-15(21)12-5-1-7-16-12)11-4-2-8-19(10-11)25(22,23)13-6-3-9-24-13/h1,3,5-7,9,11,16H,2,4,8,10H2,(H,17,20)(H,18,21)/t11-/m1/s1. The number of aromatic amines is 1. The Morgan fingerprint density at radius 3 is 2.76 bits per heavy atom. The Hall–Kier alpha value is -2.17. The van der Waals surface area contributed by atoms with Gasteiger partial charge < -0.3 is 4.98 Å². The number of rotatable bonds is 4. The zero-order valence-corrected chi connectivity index (χ0v) is 14.9. The molecule has 0 radical (unpaired) electrons. The number of piperidine rings is 1. The van der Waals surface area contributed by atoms with Gasteiger partial charge in [-0.3, -0.25) is 20.4 Å². The Balaban J connectivity index is 1.59. The number of nitrogens with one attached hydrogen (secondary N) is 3. The number of carbonyl (C=O) groups excluding carboxylic acids is 2. The number of thiophene rings is 1. The fourth-order valence-corrected chi connectivity index (χ4v) is 5.34. The third kappa shape index (κ3) is 3.91. The highest BCUT2D eigenvalue weighted by Crippen LogP contribution is 2.26. The lowest BCUT2D eigenvalue weighted by molar-refractivity contribution is -0.126. The zero-order valence-electron chi connectivity index (χ0n) is 13.3. The summed E-state index contributed by atoms with van der Waals surface area (Å²) in [5.74, 6) is -1.37. The molecule has 10 heteroatoms. The number of nitrogens with zero attached hydrogens (tertiary/aromatic N) is 1. The molecule has 8 nitrogen and oxygen atoms in total. The predicted molar refractivity (Wildman–Crippen MR) is 92.2 cm³/mol. The Kier molecular flexibility index (Phi) is 5.21. The first-order valence-electron chi connectivity index (χ1n) is 7.76. The number of aromatic nitrogens is 1. The Labute approximate surface area is 149 Å². The molecule has 2 amide bonds. The highest BCUT2D eigenvalue weighted by atomic mass is 32.2. The summed E-state index contributed by atoms with van der Waals surface area (Å²) < 4.78 is 26.7. The summed E-state index contributed by atoms with van der Waals surface area (Å²) in [5.41, 5.74) is 5.02. The van der Waals surface area contributed by atoms with Crippen molar-refractivity contribution in [2.45, 2.75) is 17.1 Å². The van der Waals surface area contributed by atoms with Crippen LogP contribution in [-0.2, 0) is 14.8 Å². The lowest BCUT2D eigenvalue weighted by Crippen LogP contribution is -2.49. The lowest BCUT2D eigenvalue weighted by atomic mass is 9.99. The quantitative estimate of drug-likeness (QED) is 0.683. The van der Waals surface area contributed by atoms with Crippen LogP contribution in [0.4, 0.5) is 0 Å². The van der Waals surface area contributed by atoms with Crippen molar-refractivity contribution in [2.24, 2.45) is 5.92 Å². The van der Waals surface area contributed by atoms with E-state index in [0.717, 1.165) is 11.3 Å². The number of hydrogen-bond donors (Lipinski definition) is 3. The molecule has 2 aromatic heterocycles. The minimum atomic E-state index is -3.57. The van der Waals surface area contributed by atoms with Crippen LogP contribution in [0.15, 0.2) is 40.1 Å². The summed E-state index contributed by atoms with van der Waals surface area (Å²) in [4.78, 5) is 26.8. The first kappa shape index (κ1) is 17.6. The van der Waals surface area contributed by atoms with Crippen molar-refractivity contribution in [3.63, 3.8) is 0 Å². The molecule has 1 fully saturated rings. The molecule has 1 aliphatic rings. The monoisotopic (exact) mass is 382 g/mol. The minimum Gasteiger partial charge on any atom is -0.357 e. The maximum absolute atomic E-state index is 12.6. The average Bonchev–Trinajstić information content (AvgIpc) is 3.33. The molecule has 3 N–H and O–H groups in total. The average molecular weight is 382 g/mol. The molecule has 0 spiro atoms. The predicted octanol–water partition coefficient (Wildman–Crippen LogP) is 0.938. The van der Waals surface area contributed by atoms with Crippen molar-refractivity contribution in [3.05, 3.63) is 41.5 Å². The van der Waals surface area contributed by atoms with Crippen LogP contribution in [0.1, 0.15) is 23.3 Å². The fourth-order valence-electron chi connectivity index (χ4n) is 2.67. The van der Waals surface area contributed by atoms with E-state index in [1.54, 1.807) is 35.8 Å². The lowest BCUT2D eigenvalue weighted by Gasteiger charge is -2.30. The van der Waals surface area contributed by atoms with Crippen LogP contribution < -0.4 is 10.9 Å². The smallest absolute Gasteiger partial charge is 0.286 e. The number of amides is 2. The van der Waals surface area contributed by atoms with Crippen molar-refractivity contribution in [3.8, 4) is 0 Å². The summed E-state index contributed by atoms with van der Waals surface area (Å²) in [6.45, 7) is 0.489. The van der Waals surface area contributed by atoms with Crippen LogP contribution in [0.2, 0.25) is 0 Å². The van der Waals surface area contributed by atoms with E-state index in [0.29, 0.717) is 25.1 Å². The van der Waals surface area contributed by atoms with E-state index < -0.39 is 27.8 Å². The molecule has 3 heterocycles. The summed E-state index contributed by atoms with van der Waals surface area (Å²) in [5, 5.41) is 1.71. The summed E-state index contributed by atoms with van der Waals surface area (Å²) >= 11 is 1.16. The third-order valence-corrected chi connectivity index (χ3v) is 7.22. The SMILES string of the molecule is O=C(NNC(=O)[C@@H]1CCCN(S(=O)(=O)c2cccs2)C1)c1ccc[nH]1. The molecule has 25 heavy (non-hydrogen) atoms. The second-order valence-electron chi connectivity index (χ2n) is 5.66. The van der Waals surface area contributed by atoms with Crippen molar-refractivity contribution in [1.29, 1.82) is 0 Å². The molecule has 0 aromatic carbocycles. The van der Waals surface area contributed by atoms with Gasteiger partial charge >= 0.3 is 0 Å².